The number of hydrogen-bond donors (Lipinski definition) is 0. The first-order valence-corrected chi connectivity index (χ1v) is 9.70. The predicted octanol–water partition coefficient (Wildman–Crippen LogP) is 5.46. The van der Waals surface area contributed by atoms with Gasteiger partial charge in [-0.25, -0.2) is 9.59 Å². The minimum atomic E-state index is -0.469. The van der Waals surface area contributed by atoms with Crippen LogP contribution in [0.15, 0.2) is 83.3 Å². The largest absolute Gasteiger partial charge is 0.462 e. The number of esters is 2. The molecule has 0 aromatic heterocycles. The SMILES string of the molecule is O=C(OCCCc1ccccc1)c1ccc(OC(=O)c2ccccc2Br)cc1. The molecule has 0 heterocycles. The zero-order chi connectivity index (χ0) is 19.8. The molecule has 142 valence electrons. The summed E-state index contributed by atoms with van der Waals surface area (Å²) in [5.41, 5.74) is 2.07. The lowest BCUT2D eigenvalue weighted by molar-refractivity contribution is 0.0500. The molecule has 4 nitrogen and oxygen atoms in total. The van der Waals surface area contributed by atoms with Crippen LogP contribution in [0, 0.1) is 0 Å². The minimum Gasteiger partial charge on any atom is -0.462 e. The highest BCUT2D eigenvalue weighted by Crippen LogP contribution is 2.20. The van der Waals surface area contributed by atoms with E-state index >= 15 is 0 Å². The lowest BCUT2D eigenvalue weighted by Gasteiger charge is -2.08. The van der Waals surface area contributed by atoms with Gasteiger partial charge in [0.1, 0.15) is 5.75 Å². The molecule has 3 aromatic rings. The normalized spacial score (nSPS) is 10.3. The van der Waals surface area contributed by atoms with Crippen molar-refractivity contribution in [1.82, 2.24) is 0 Å². The van der Waals surface area contributed by atoms with E-state index in [1.807, 2.05) is 24.3 Å². The van der Waals surface area contributed by atoms with Crippen molar-refractivity contribution in [2.75, 3.05) is 6.61 Å². The van der Waals surface area contributed by atoms with Gasteiger partial charge >= 0.3 is 11.9 Å². The van der Waals surface area contributed by atoms with Crippen molar-refractivity contribution >= 4 is 27.9 Å². The first kappa shape index (κ1) is 19.8. The van der Waals surface area contributed by atoms with Gasteiger partial charge in [0.2, 0.25) is 0 Å². The predicted molar refractivity (Wildman–Crippen MR) is 111 cm³/mol. The number of hydrogen-bond acceptors (Lipinski definition) is 4. The number of carbonyl (C=O) groups excluding carboxylic acids is 2. The first-order valence-electron chi connectivity index (χ1n) is 8.91. The van der Waals surface area contributed by atoms with Gasteiger partial charge in [0.25, 0.3) is 0 Å². The molecule has 0 aliphatic carbocycles. The van der Waals surface area contributed by atoms with Crippen molar-refractivity contribution in [3.63, 3.8) is 0 Å². The van der Waals surface area contributed by atoms with Gasteiger partial charge in [0, 0.05) is 4.47 Å². The Balaban J connectivity index is 1.48. The maximum Gasteiger partial charge on any atom is 0.344 e. The molecule has 0 spiro atoms. The standard InChI is InChI=1S/C23H19BrO4/c24-21-11-5-4-10-20(21)23(26)28-19-14-12-18(13-15-19)22(25)27-16-6-9-17-7-2-1-3-8-17/h1-5,7-8,10-15H,6,9,16H2. The zero-order valence-electron chi connectivity index (χ0n) is 15.1. The van der Waals surface area contributed by atoms with E-state index in [0.717, 1.165) is 12.8 Å². The summed E-state index contributed by atoms with van der Waals surface area (Å²) in [6.07, 6.45) is 1.62. The van der Waals surface area contributed by atoms with Crippen LogP contribution >= 0.6 is 15.9 Å². The van der Waals surface area contributed by atoms with E-state index in [0.29, 0.717) is 28.0 Å². The fourth-order valence-electron chi connectivity index (χ4n) is 2.62. The lowest BCUT2D eigenvalue weighted by Crippen LogP contribution is -2.10. The van der Waals surface area contributed by atoms with Gasteiger partial charge < -0.3 is 9.47 Å². The smallest absolute Gasteiger partial charge is 0.344 e. The van der Waals surface area contributed by atoms with Gasteiger partial charge in [0.05, 0.1) is 17.7 Å². The number of aryl methyl sites for hydroxylation is 1. The second-order valence-electron chi connectivity index (χ2n) is 6.12. The van der Waals surface area contributed by atoms with Crippen LogP contribution in [-0.2, 0) is 11.2 Å². The van der Waals surface area contributed by atoms with Crippen molar-refractivity contribution in [2.45, 2.75) is 12.8 Å². The van der Waals surface area contributed by atoms with Crippen LogP contribution in [0.4, 0.5) is 0 Å². The molecule has 0 bridgehead atoms. The summed E-state index contributed by atoms with van der Waals surface area (Å²) in [6.45, 7) is 0.354. The Bertz CT molecular complexity index is 936. The molecule has 0 fully saturated rings. The monoisotopic (exact) mass is 438 g/mol. The third-order valence-corrected chi connectivity index (χ3v) is 4.77. The molecule has 0 atom stereocenters. The molecule has 0 saturated carbocycles. The molecule has 3 aromatic carbocycles. The molecule has 0 N–H and O–H groups in total. The van der Waals surface area contributed by atoms with Crippen molar-refractivity contribution < 1.29 is 19.1 Å². The summed E-state index contributed by atoms with van der Waals surface area (Å²) < 4.78 is 11.3. The molecular weight excluding hydrogens is 420 g/mol. The molecule has 0 aliphatic rings. The van der Waals surface area contributed by atoms with E-state index in [4.69, 9.17) is 9.47 Å². The Labute approximate surface area is 172 Å². The van der Waals surface area contributed by atoms with Crippen molar-refractivity contribution in [2.24, 2.45) is 0 Å². The van der Waals surface area contributed by atoms with E-state index in [-0.39, 0.29) is 0 Å². The van der Waals surface area contributed by atoms with Gasteiger partial charge in [-0.05, 0) is 70.7 Å². The van der Waals surface area contributed by atoms with E-state index in [1.54, 1.807) is 42.5 Å². The van der Waals surface area contributed by atoms with Crippen LogP contribution in [-0.4, -0.2) is 18.5 Å². The second-order valence-corrected chi connectivity index (χ2v) is 6.97. The summed E-state index contributed by atoms with van der Waals surface area (Å²) >= 11 is 3.32. The second kappa shape index (κ2) is 9.85. The molecule has 0 radical (unpaired) electrons. The first-order chi connectivity index (χ1) is 13.6. The summed E-state index contributed by atoms with van der Waals surface area (Å²) in [4.78, 5) is 24.3. The van der Waals surface area contributed by atoms with E-state index < -0.39 is 11.9 Å². The summed E-state index contributed by atoms with van der Waals surface area (Å²) in [6, 6.07) is 23.4. The highest BCUT2D eigenvalue weighted by molar-refractivity contribution is 9.10. The van der Waals surface area contributed by atoms with Gasteiger partial charge in [-0.2, -0.15) is 0 Å². The van der Waals surface area contributed by atoms with Crippen LogP contribution < -0.4 is 4.74 Å². The molecular formula is C23H19BrO4. The van der Waals surface area contributed by atoms with Crippen molar-refractivity contribution in [1.29, 1.82) is 0 Å². The Morgan fingerprint density at radius 2 is 1.46 bits per heavy atom. The number of benzene rings is 3. The Morgan fingerprint density at radius 3 is 2.18 bits per heavy atom. The molecule has 5 heteroatoms. The van der Waals surface area contributed by atoms with Gasteiger partial charge in [-0.1, -0.05) is 42.5 Å². The minimum absolute atomic E-state index is 0.354. The lowest BCUT2D eigenvalue weighted by atomic mass is 10.1. The van der Waals surface area contributed by atoms with Crippen LogP contribution in [0.3, 0.4) is 0 Å². The molecule has 28 heavy (non-hydrogen) atoms. The molecule has 0 amide bonds. The molecule has 3 rings (SSSR count). The van der Waals surface area contributed by atoms with Gasteiger partial charge in [-0.3, -0.25) is 0 Å². The van der Waals surface area contributed by atoms with Crippen LogP contribution in [0.5, 0.6) is 5.75 Å². The zero-order valence-corrected chi connectivity index (χ0v) is 16.7. The van der Waals surface area contributed by atoms with Crippen LogP contribution in [0.1, 0.15) is 32.7 Å². The number of rotatable bonds is 7. The highest BCUT2D eigenvalue weighted by Gasteiger charge is 2.13. The third-order valence-electron chi connectivity index (χ3n) is 4.08. The van der Waals surface area contributed by atoms with Crippen molar-refractivity contribution in [3.05, 3.63) is 100 Å². The summed E-state index contributed by atoms with van der Waals surface area (Å²) in [7, 11) is 0. The Morgan fingerprint density at radius 1 is 0.786 bits per heavy atom. The topological polar surface area (TPSA) is 52.6 Å². The fourth-order valence-corrected chi connectivity index (χ4v) is 3.06. The molecule has 0 aliphatic heterocycles. The summed E-state index contributed by atoms with van der Waals surface area (Å²) in [5.74, 6) is -0.498. The summed E-state index contributed by atoms with van der Waals surface area (Å²) in [5, 5.41) is 0. The van der Waals surface area contributed by atoms with Crippen molar-refractivity contribution in [3.8, 4) is 5.75 Å². The van der Waals surface area contributed by atoms with E-state index in [1.165, 1.54) is 5.56 Å². The molecule has 0 saturated heterocycles. The number of ether oxygens (including phenoxy) is 2. The average molecular weight is 439 g/mol. The number of halogens is 1. The average Bonchev–Trinajstić information content (AvgIpc) is 2.72. The van der Waals surface area contributed by atoms with E-state index in [2.05, 4.69) is 28.1 Å². The van der Waals surface area contributed by atoms with Crippen LogP contribution in [0.25, 0.3) is 0 Å². The van der Waals surface area contributed by atoms with Crippen LogP contribution in [0.2, 0.25) is 0 Å². The van der Waals surface area contributed by atoms with E-state index in [9.17, 15) is 9.59 Å². The Hall–Kier alpha value is -2.92. The van der Waals surface area contributed by atoms with Gasteiger partial charge in [-0.15, -0.1) is 0 Å². The third kappa shape index (κ3) is 5.54. The Kier molecular flexibility index (Phi) is 6.98. The highest BCUT2D eigenvalue weighted by atomic mass is 79.9. The molecule has 0 unspecified atom stereocenters. The van der Waals surface area contributed by atoms with Gasteiger partial charge in [0.15, 0.2) is 0 Å². The fraction of sp³-hybridized carbons (Fsp3) is 0.130. The number of carbonyl (C=O) groups is 2. The maximum atomic E-state index is 12.2. The quantitative estimate of drug-likeness (QED) is 0.279. The maximum absolute atomic E-state index is 12.2.